The Kier molecular flexibility index (Phi) is 4.20. The molecule has 114 valence electrons. The summed E-state index contributed by atoms with van der Waals surface area (Å²) in [7, 11) is 1.52. The summed E-state index contributed by atoms with van der Waals surface area (Å²) in [5.74, 6) is -0.951. The Morgan fingerprint density at radius 1 is 1.48 bits per heavy atom. The molecule has 0 N–H and O–H groups in total. The van der Waals surface area contributed by atoms with Crippen molar-refractivity contribution in [1.82, 2.24) is 0 Å². The van der Waals surface area contributed by atoms with E-state index >= 15 is 0 Å². The van der Waals surface area contributed by atoms with Crippen LogP contribution in [0.1, 0.15) is 12.0 Å². The summed E-state index contributed by atoms with van der Waals surface area (Å²) in [6.07, 6.45) is 0.0636. The molecule has 1 fully saturated rings. The Balaban J connectivity index is 2.28. The molecule has 7 nitrogen and oxygen atoms in total. The van der Waals surface area contributed by atoms with Crippen molar-refractivity contribution in [2.24, 2.45) is 5.92 Å². The number of carbonyl (C=O) groups is 1. The van der Waals surface area contributed by atoms with E-state index in [9.17, 15) is 23.3 Å². The number of anilines is 1. The highest BCUT2D eigenvalue weighted by molar-refractivity contribution is 8.13. The summed E-state index contributed by atoms with van der Waals surface area (Å²) in [5, 5.41) is 10.8. The number of hydrogen-bond donors (Lipinski definition) is 0. The molecule has 1 aromatic rings. The lowest BCUT2D eigenvalue weighted by atomic mass is 10.1. The Morgan fingerprint density at radius 3 is 2.71 bits per heavy atom. The van der Waals surface area contributed by atoms with Crippen LogP contribution in [0.4, 0.5) is 11.4 Å². The number of nitro benzene ring substituents is 1. The SMILES string of the molecule is Cc1ccc([N+](=O)[O-])cc1N1CC(CS(=O)(=O)Cl)CC1=O. The largest absolute Gasteiger partial charge is 0.312 e. The minimum Gasteiger partial charge on any atom is -0.312 e. The number of carbonyl (C=O) groups excluding carboxylic acids is 1. The molecule has 9 heteroatoms. The van der Waals surface area contributed by atoms with E-state index in [1.165, 1.54) is 17.0 Å². The normalized spacial score (nSPS) is 19.0. The smallest absolute Gasteiger partial charge is 0.271 e. The highest BCUT2D eigenvalue weighted by Crippen LogP contribution is 2.31. The predicted octanol–water partition coefficient (Wildman–Crippen LogP) is 1.82. The van der Waals surface area contributed by atoms with Crippen molar-refractivity contribution < 1.29 is 18.1 Å². The minimum atomic E-state index is -3.68. The molecule has 1 atom stereocenters. The van der Waals surface area contributed by atoms with Gasteiger partial charge in [0.25, 0.3) is 5.69 Å². The number of nitro groups is 1. The van der Waals surface area contributed by atoms with Gasteiger partial charge in [-0.1, -0.05) is 6.07 Å². The van der Waals surface area contributed by atoms with Gasteiger partial charge < -0.3 is 4.90 Å². The standard InChI is InChI=1S/C12H13ClN2O5S/c1-8-2-3-10(15(17)18)5-11(8)14-6-9(4-12(14)16)7-21(13,19)20/h2-3,5,9H,4,6-7H2,1H3. The zero-order valence-corrected chi connectivity index (χ0v) is 12.7. The molecule has 1 aliphatic heterocycles. The molecule has 1 aromatic carbocycles. The van der Waals surface area contributed by atoms with Crippen LogP contribution in [0.15, 0.2) is 18.2 Å². The van der Waals surface area contributed by atoms with E-state index in [0.29, 0.717) is 11.3 Å². The van der Waals surface area contributed by atoms with Crippen LogP contribution < -0.4 is 4.90 Å². The van der Waals surface area contributed by atoms with Crippen molar-refractivity contribution in [1.29, 1.82) is 0 Å². The maximum Gasteiger partial charge on any atom is 0.271 e. The topological polar surface area (TPSA) is 97.6 Å². The zero-order valence-electron chi connectivity index (χ0n) is 11.2. The van der Waals surface area contributed by atoms with E-state index in [1.807, 2.05) is 0 Å². The first-order valence-corrected chi connectivity index (χ1v) is 8.63. The molecule has 1 saturated heterocycles. The van der Waals surface area contributed by atoms with Crippen LogP contribution in [0.25, 0.3) is 0 Å². The van der Waals surface area contributed by atoms with Gasteiger partial charge in [0.1, 0.15) is 0 Å². The van der Waals surface area contributed by atoms with E-state index < -0.39 is 19.9 Å². The fraction of sp³-hybridized carbons (Fsp3) is 0.417. The van der Waals surface area contributed by atoms with E-state index in [1.54, 1.807) is 13.0 Å². The highest BCUT2D eigenvalue weighted by atomic mass is 35.7. The number of hydrogen-bond acceptors (Lipinski definition) is 5. The Morgan fingerprint density at radius 2 is 2.14 bits per heavy atom. The van der Waals surface area contributed by atoms with Crippen LogP contribution in [0.2, 0.25) is 0 Å². The summed E-state index contributed by atoms with van der Waals surface area (Å²) in [4.78, 5) is 23.7. The second-order valence-corrected chi connectivity index (χ2v) is 7.83. The van der Waals surface area contributed by atoms with Gasteiger partial charge in [-0.25, -0.2) is 8.42 Å². The highest BCUT2D eigenvalue weighted by Gasteiger charge is 2.34. The lowest BCUT2D eigenvalue weighted by Crippen LogP contribution is -2.26. The van der Waals surface area contributed by atoms with Gasteiger partial charge in [-0.2, -0.15) is 0 Å². The Hall–Kier alpha value is -1.67. The lowest BCUT2D eigenvalue weighted by Gasteiger charge is -2.18. The molecule has 1 aliphatic rings. The molecule has 2 rings (SSSR count). The van der Waals surface area contributed by atoms with E-state index in [-0.39, 0.29) is 30.3 Å². The van der Waals surface area contributed by atoms with Crippen LogP contribution in [0, 0.1) is 23.0 Å². The predicted molar refractivity (Wildman–Crippen MR) is 77.9 cm³/mol. The van der Waals surface area contributed by atoms with E-state index in [0.717, 1.165) is 0 Å². The first-order valence-electron chi connectivity index (χ1n) is 6.15. The quantitative estimate of drug-likeness (QED) is 0.476. The van der Waals surface area contributed by atoms with Gasteiger partial charge in [-0.15, -0.1) is 0 Å². The molecule has 0 aliphatic carbocycles. The molecular formula is C12H13ClN2O5S. The first kappa shape index (κ1) is 15.7. The molecule has 0 bridgehead atoms. The lowest BCUT2D eigenvalue weighted by molar-refractivity contribution is -0.384. The average Bonchev–Trinajstić information content (AvgIpc) is 2.67. The van der Waals surface area contributed by atoms with Gasteiger partial charge in [0.2, 0.25) is 15.0 Å². The molecule has 0 aromatic heterocycles. The van der Waals surface area contributed by atoms with Crippen molar-refractivity contribution in [3.63, 3.8) is 0 Å². The van der Waals surface area contributed by atoms with Crippen molar-refractivity contribution >= 4 is 37.0 Å². The summed E-state index contributed by atoms with van der Waals surface area (Å²) in [6, 6.07) is 4.25. The second kappa shape index (κ2) is 5.61. The van der Waals surface area contributed by atoms with Crippen molar-refractivity contribution in [3.8, 4) is 0 Å². The molecule has 0 radical (unpaired) electrons. The van der Waals surface area contributed by atoms with Crippen LogP contribution in [0.3, 0.4) is 0 Å². The summed E-state index contributed by atoms with van der Waals surface area (Å²) >= 11 is 0. The van der Waals surface area contributed by atoms with E-state index in [4.69, 9.17) is 10.7 Å². The fourth-order valence-corrected chi connectivity index (χ4v) is 3.73. The van der Waals surface area contributed by atoms with Gasteiger partial charge in [-0.05, 0) is 12.5 Å². The van der Waals surface area contributed by atoms with Gasteiger partial charge >= 0.3 is 0 Å². The molecule has 1 heterocycles. The average molecular weight is 333 g/mol. The molecule has 21 heavy (non-hydrogen) atoms. The molecule has 1 amide bonds. The first-order chi connectivity index (χ1) is 9.67. The number of nitrogens with zero attached hydrogens (tertiary/aromatic N) is 2. The summed E-state index contributed by atoms with van der Waals surface area (Å²) in [6.45, 7) is 1.92. The van der Waals surface area contributed by atoms with Gasteiger partial charge in [-0.3, -0.25) is 14.9 Å². The van der Waals surface area contributed by atoms with Crippen LogP contribution >= 0.6 is 10.7 Å². The van der Waals surface area contributed by atoms with E-state index in [2.05, 4.69) is 0 Å². The molecule has 0 spiro atoms. The minimum absolute atomic E-state index is 0.0636. The maximum absolute atomic E-state index is 12.0. The molecule has 1 unspecified atom stereocenters. The third-order valence-corrected chi connectivity index (χ3v) is 4.58. The van der Waals surface area contributed by atoms with Crippen LogP contribution in [-0.4, -0.2) is 31.5 Å². The third kappa shape index (κ3) is 3.70. The number of amides is 1. The van der Waals surface area contributed by atoms with Gasteiger partial charge in [0.15, 0.2) is 0 Å². The number of halogens is 1. The second-order valence-electron chi connectivity index (χ2n) is 5.01. The number of aryl methyl sites for hydroxylation is 1. The number of rotatable bonds is 4. The zero-order chi connectivity index (χ0) is 15.8. The van der Waals surface area contributed by atoms with Crippen LogP contribution in [-0.2, 0) is 13.8 Å². The number of non-ortho nitro benzene ring substituents is 1. The third-order valence-electron chi connectivity index (χ3n) is 3.33. The molecular weight excluding hydrogens is 320 g/mol. The van der Waals surface area contributed by atoms with Gasteiger partial charge in [0, 0.05) is 41.7 Å². The fourth-order valence-electron chi connectivity index (χ4n) is 2.41. The maximum atomic E-state index is 12.0. The monoisotopic (exact) mass is 332 g/mol. The number of benzene rings is 1. The Bertz CT molecular complexity index is 704. The summed E-state index contributed by atoms with van der Waals surface area (Å²) < 4.78 is 22.2. The van der Waals surface area contributed by atoms with Crippen LogP contribution in [0.5, 0.6) is 0 Å². The van der Waals surface area contributed by atoms with Gasteiger partial charge in [0.05, 0.1) is 16.4 Å². The van der Waals surface area contributed by atoms with Crippen molar-refractivity contribution in [3.05, 3.63) is 33.9 Å². The molecule has 0 saturated carbocycles. The van der Waals surface area contributed by atoms with Crippen molar-refractivity contribution in [2.45, 2.75) is 13.3 Å². The summed E-state index contributed by atoms with van der Waals surface area (Å²) in [5.41, 5.74) is 1.03. The Labute approximate surface area is 126 Å². The van der Waals surface area contributed by atoms with Crippen molar-refractivity contribution in [2.75, 3.05) is 17.2 Å².